The Kier molecular flexibility index (Phi) is 4.53. The van der Waals surface area contributed by atoms with Crippen molar-refractivity contribution in [3.63, 3.8) is 0 Å². The molecule has 0 radical (unpaired) electrons. The number of aromatic nitrogens is 2. The number of hydrogen-bond acceptors (Lipinski definition) is 5. The molecule has 7 nitrogen and oxygen atoms in total. The lowest BCUT2D eigenvalue weighted by Gasteiger charge is -2.38. The summed E-state index contributed by atoms with van der Waals surface area (Å²) < 4.78 is 0. The molecule has 0 aliphatic carbocycles. The van der Waals surface area contributed by atoms with Gasteiger partial charge in [-0.2, -0.15) is 0 Å². The molecular weight excluding hydrogens is 280 g/mol. The summed E-state index contributed by atoms with van der Waals surface area (Å²) in [6.07, 6.45) is 0.957. The predicted molar refractivity (Wildman–Crippen MR) is 74.8 cm³/mol. The third-order valence-electron chi connectivity index (χ3n) is 2.97. The van der Waals surface area contributed by atoms with Gasteiger partial charge in [-0.3, -0.25) is 10.1 Å². The van der Waals surface area contributed by atoms with Crippen molar-refractivity contribution < 1.29 is 14.7 Å². The van der Waals surface area contributed by atoms with E-state index in [2.05, 4.69) is 29.4 Å². The van der Waals surface area contributed by atoms with Crippen LogP contribution >= 0.6 is 11.3 Å². The van der Waals surface area contributed by atoms with Crippen molar-refractivity contribution >= 4 is 28.5 Å². The molecule has 1 fully saturated rings. The first-order valence-electron chi connectivity index (χ1n) is 6.54. The Hall–Kier alpha value is -1.70. The van der Waals surface area contributed by atoms with Gasteiger partial charge in [0.1, 0.15) is 5.01 Å². The second-order valence-electron chi connectivity index (χ2n) is 5.40. The fraction of sp³-hybridized carbons (Fsp3) is 0.667. The molecule has 2 rings (SSSR count). The van der Waals surface area contributed by atoms with Gasteiger partial charge in [0.15, 0.2) is 0 Å². The molecule has 1 saturated heterocycles. The molecule has 1 aromatic rings. The number of hydrogen-bond donors (Lipinski definition) is 2. The van der Waals surface area contributed by atoms with Gasteiger partial charge in [-0.05, 0) is 5.92 Å². The molecular formula is C12H18N4O3S. The van der Waals surface area contributed by atoms with Crippen LogP contribution in [-0.2, 0) is 11.2 Å². The summed E-state index contributed by atoms with van der Waals surface area (Å²) in [6.45, 7) is 5.16. The number of nitrogens with zero attached hydrogens (tertiary/aromatic N) is 3. The van der Waals surface area contributed by atoms with Gasteiger partial charge < -0.3 is 10.0 Å². The van der Waals surface area contributed by atoms with Crippen molar-refractivity contribution in [1.29, 1.82) is 0 Å². The number of amides is 2. The first kappa shape index (κ1) is 14.7. The molecule has 1 aromatic heterocycles. The van der Waals surface area contributed by atoms with Crippen LogP contribution in [-0.4, -0.2) is 45.3 Å². The van der Waals surface area contributed by atoms with Gasteiger partial charge in [-0.1, -0.05) is 25.2 Å². The number of carboxylic acids is 1. The van der Waals surface area contributed by atoms with Crippen LogP contribution in [0.1, 0.15) is 25.3 Å². The van der Waals surface area contributed by atoms with Crippen LogP contribution in [0.15, 0.2) is 0 Å². The molecule has 0 unspecified atom stereocenters. The number of aliphatic carboxylic acids is 1. The van der Waals surface area contributed by atoms with Gasteiger partial charge >= 0.3 is 12.0 Å². The molecule has 2 N–H and O–H groups in total. The number of carbonyl (C=O) groups excluding carboxylic acids is 1. The molecule has 1 aliphatic rings. The average Bonchev–Trinajstić information content (AvgIpc) is 2.68. The van der Waals surface area contributed by atoms with E-state index in [0.29, 0.717) is 24.1 Å². The minimum absolute atomic E-state index is 0.0594. The summed E-state index contributed by atoms with van der Waals surface area (Å²) in [6, 6.07) is -0.237. The number of carbonyl (C=O) groups is 2. The number of likely N-dealkylation sites (tertiary alicyclic amines) is 1. The highest BCUT2D eigenvalue weighted by molar-refractivity contribution is 7.15. The summed E-state index contributed by atoms with van der Waals surface area (Å²) in [4.78, 5) is 24.0. The third kappa shape index (κ3) is 3.89. The van der Waals surface area contributed by atoms with Crippen molar-refractivity contribution in [3.05, 3.63) is 5.01 Å². The third-order valence-corrected chi connectivity index (χ3v) is 3.83. The molecule has 0 aromatic carbocycles. The quantitative estimate of drug-likeness (QED) is 0.862. The average molecular weight is 298 g/mol. The maximum absolute atomic E-state index is 11.9. The molecule has 1 aliphatic heterocycles. The van der Waals surface area contributed by atoms with Crippen LogP contribution in [0.2, 0.25) is 0 Å². The molecule has 2 heterocycles. The maximum atomic E-state index is 11.9. The lowest BCUT2D eigenvalue weighted by molar-refractivity contribution is -0.139. The van der Waals surface area contributed by atoms with E-state index < -0.39 is 5.97 Å². The maximum Gasteiger partial charge on any atom is 0.323 e. The number of urea groups is 1. The van der Waals surface area contributed by atoms with Crippen LogP contribution < -0.4 is 5.32 Å². The Bertz CT molecular complexity index is 497. The minimum Gasteiger partial charge on any atom is -0.481 e. The molecule has 0 saturated carbocycles. The lowest BCUT2D eigenvalue weighted by atomic mass is 9.97. The highest BCUT2D eigenvalue weighted by atomic mass is 32.1. The van der Waals surface area contributed by atoms with E-state index >= 15 is 0 Å². The van der Waals surface area contributed by atoms with Crippen LogP contribution in [0.4, 0.5) is 9.93 Å². The van der Waals surface area contributed by atoms with Gasteiger partial charge in [0.25, 0.3) is 0 Å². The minimum atomic E-state index is -0.822. The number of nitrogens with one attached hydrogen (secondary N) is 1. The van der Waals surface area contributed by atoms with Gasteiger partial charge in [0.2, 0.25) is 5.13 Å². The monoisotopic (exact) mass is 298 g/mol. The second kappa shape index (κ2) is 6.17. The standard InChI is InChI=1S/C12H18N4O3S/c1-7(2)3-9-14-15-11(20-9)13-12(19)16-5-8(6-16)4-10(17)18/h7-8H,3-6H2,1-2H3,(H,17,18)(H,13,15,19). The highest BCUT2D eigenvalue weighted by Crippen LogP contribution is 2.22. The van der Waals surface area contributed by atoms with Gasteiger partial charge in [-0.15, -0.1) is 10.2 Å². The first-order valence-corrected chi connectivity index (χ1v) is 7.35. The van der Waals surface area contributed by atoms with Crippen LogP contribution in [0, 0.1) is 11.8 Å². The number of anilines is 1. The molecule has 2 amide bonds. The Morgan fingerprint density at radius 3 is 2.75 bits per heavy atom. The zero-order chi connectivity index (χ0) is 14.7. The Morgan fingerprint density at radius 1 is 1.45 bits per heavy atom. The number of rotatable bonds is 5. The van der Waals surface area contributed by atoms with E-state index in [1.165, 1.54) is 11.3 Å². The van der Waals surface area contributed by atoms with Gasteiger partial charge in [0.05, 0.1) is 6.42 Å². The molecule has 0 spiro atoms. The van der Waals surface area contributed by atoms with Crippen molar-refractivity contribution in [2.75, 3.05) is 18.4 Å². The van der Waals surface area contributed by atoms with E-state index in [1.54, 1.807) is 4.90 Å². The topological polar surface area (TPSA) is 95.4 Å². The number of carboxylic acid groups (broad SMARTS) is 1. The molecule has 110 valence electrons. The second-order valence-corrected chi connectivity index (χ2v) is 6.46. The van der Waals surface area contributed by atoms with Crippen LogP contribution in [0.5, 0.6) is 0 Å². The fourth-order valence-corrected chi connectivity index (χ4v) is 2.96. The molecule has 20 heavy (non-hydrogen) atoms. The smallest absolute Gasteiger partial charge is 0.323 e. The molecule has 0 atom stereocenters. The molecule has 8 heteroatoms. The van der Waals surface area contributed by atoms with Crippen LogP contribution in [0.25, 0.3) is 0 Å². The summed E-state index contributed by atoms with van der Waals surface area (Å²) in [5.41, 5.74) is 0. The zero-order valence-electron chi connectivity index (χ0n) is 11.5. The van der Waals surface area contributed by atoms with Crippen LogP contribution in [0.3, 0.4) is 0 Å². The first-order chi connectivity index (χ1) is 9.44. The van der Waals surface area contributed by atoms with Gasteiger partial charge in [-0.25, -0.2) is 4.79 Å². The van der Waals surface area contributed by atoms with Crippen molar-refractivity contribution in [1.82, 2.24) is 15.1 Å². The van der Waals surface area contributed by atoms with E-state index in [1.807, 2.05) is 0 Å². The summed E-state index contributed by atoms with van der Waals surface area (Å²) in [5, 5.41) is 20.7. The van der Waals surface area contributed by atoms with Crippen molar-refractivity contribution in [2.45, 2.75) is 26.7 Å². The fourth-order valence-electron chi connectivity index (χ4n) is 2.02. The summed E-state index contributed by atoms with van der Waals surface area (Å²) in [5.74, 6) is -0.264. The normalized spacial score (nSPS) is 15.2. The van der Waals surface area contributed by atoms with Crippen molar-refractivity contribution in [2.24, 2.45) is 11.8 Å². The predicted octanol–water partition coefficient (Wildman–Crippen LogP) is 1.68. The zero-order valence-corrected chi connectivity index (χ0v) is 12.3. The van der Waals surface area contributed by atoms with Crippen molar-refractivity contribution in [3.8, 4) is 0 Å². The SMILES string of the molecule is CC(C)Cc1nnc(NC(=O)N2CC(CC(=O)O)C2)s1. The largest absolute Gasteiger partial charge is 0.481 e. The van der Waals surface area contributed by atoms with E-state index in [-0.39, 0.29) is 18.4 Å². The van der Waals surface area contributed by atoms with Gasteiger partial charge in [0, 0.05) is 25.4 Å². The molecule has 0 bridgehead atoms. The highest BCUT2D eigenvalue weighted by Gasteiger charge is 2.32. The summed E-state index contributed by atoms with van der Waals surface area (Å²) in [7, 11) is 0. The Morgan fingerprint density at radius 2 is 2.15 bits per heavy atom. The van der Waals surface area contributed by atoms with E-state index in [4.69, 9.17) is 5.11 Å². The summed E-state index contributed by atoms with van der Waals surface area (Å²) >= 11 is 1.38. The van der Waals surface area contributed by atoms with E-state index in [0.717, 1.165) is 11.4 Å². The lowest BCUT2D eigenvalue weighted by Crippen LogP contribution is -2.52. The van der Waals surface area contributed by atoms with E-state index in [9.17, 15) is 9.59 Å². The Labute approximate surface area is 121 Å². The Balaban J connectivity index is 1.78.